The fraction of sp³-hybridized carbons (Fsp3) is 0.333. The van der Waals surface area contributed by atoms with Gasteiger partial charge in [-0.25, -0.2) is 0 Å². The highest BCUT2D eigenvalue weighted by atomic mass is 16.2. The topological polar surface area (TPSA) is 84.3 Å². The van der Waals surface area contributed by atoms with E-state index in [0.29, 0.717) is 6.54 Å². The van der Waals surface area contributed by atoms with Crippen molar-refractivity contribution in [2.75, 3.05) is 6.54 Å². The van der Waals surface area contributed by atoms with Crippen molar-refractivity contribution < 1.29 is 14.4 Å². The molecule has 2 fully saturated rings. The van der Waals surface area contributed by atoms with Crippen LogP contribution >= 0.6 is 0 Å². The van der Waals surface area contributed by atoms with Crippen molar-refractivity contribution in [3.63, 3.8) is 0 Å². The Bertz CT molecular complexity index is 1170. The third kappa shape index (κ3) is 4.51. The summed E-state index contributed by atoms with van der Waals surface area (Å²) in [6.07, 6.45) is 5.37. The third-order valence-electron chi connectivity index (χ3n) is 6.78. The van der Waals surface area contributed by atoms with Gasteiger partial charge in [-0.2, -0.15) is 5.10 Å². The highest BCUT2D eigenvalue weighted by Crippen LogP contribution is 2.37. The minimum absolute atomic E-state index is 0.189. The van der Waals surface area contributed by atoms with Gasteiger partial charge in [0.1, 0.15) is 6.54 Å². The van der Waals surface area contributed by atoms with Crippen LogP contribution in [0, 0.1) is 11.8 Å². The van der Waals surface area contributed by atoms with E-state index < -0.39 is 0 Å². The molecule has 1 aromatic heterocycles. The molecule has 2 unspecified atom stereocenters. The SMILES string of the molecule is O=C(CN1C(=O)C2CCCCC2C1=O)NCc1cn(Cc2ccccc2)nc1-c1ccccc1. The van der Waals surface area contributed by atoms with Gasteiger partial charge in [0.15, 0.2) is 0 Å². The van der Waals surface area contributed by atoms with Crippen molar-refractivity contribution in [1.82, 2.24) is 20.0 Å². The van der Waals surface area contributed by atoms with Gasteiger partial charge in [-0.3, -0.25) is 24.0 Å². The van der Waals surface area contributed by atoms with Crippen LogP contribution in [-0.2, 0) is 27.5 Å². The van der Waals surface area contributed by atoms with Crippen LogP contribution in [0.4, 0.5) is 0 Å². The first-order valence-electron chi connectivity index (χ1n) is 11.9. The fourth-order valence-corrected chi connectivity index (χ4v) is 5.06. The molecule has 7 heteroatoms. The second kappa shape index (κ2) is 9.63. The van der Waals surface area contributed by atoms with Crippen molar-refractivity contribution in [2.45, 2.75) is 38.8 Å². The predicted molar refractivity (Wildman–Crippen MR) is 127 cm³/mol. The van der Waals surface area contributed by atoms with E-state index in [9.17, 15) is 14.4 Å². The van der Waals surface area contributed by atoms with Crippen LogP contribution < -0.4 is 5.32 Å². The standard InChI is InChI=1S/C27H28N4O3/c32-24(18-31-26(33)22-13-7-8-14-23(22)27(31)34)28-15-21-17-30(16-19-9-3-1-4-10-19)29-25(21)20-11-5-2-6-12-20/h1-6,9-12,17,22-23H,7-8,13-16,18H2,(H,28,32). The van der Waals surface area contributed by atoms with Crippen molar-refractivity contribution >= 4 is 17.7 Å². The number of likely N-dealkylation sites (tertiary alicyclic amines) is 1. The summed E-state index contributed by atoms with van der Waals surface area (Å²) >= 11 is 0. The van der Waals surface area contributed by atoms with Gasteiger partial charge in [-0.1, -0.05) is 73.5 Å². The summed E-state index contributed by atoms with van der Waals surface area (Å²) < 4.78 is 1.87. The van der Waals surface area contributed by atoms with E-state index >= 15 is 0 Å². The first kappa shape index (κ1) is 22.1. The van der Waals surface area contributed by atoms with Crippen LogP contribution in [0.15, 0.2) is 66.9 Å². The zero-order valence-electron chi connectivity index (χ0n) is 19.0. The smallest absolute Gasteiger partial charge is 0.240 e. The van der Waals surface area contributed by atoms with Gasteiger partial charge in [0.2, 0.25) is 17.7 Å². The summed E-state index contributed by atoms with van der Waals surface area (Å²) in [6, 6.07) is 19.9. The number of fused-ring (bicyclic) bond motifs is 1. The van der Waals surface area contributed by atoms with Gasteiger partial charge in [0.25, 0.3) is 0 Å². The van der Waals surface area contributed by atoms with E-state index in [2.05, 4.69) is 5.32 Å². The molecule has 2 aromatic carbocycles. The maximum atomic E-state index is 12.7. The minimum Gasteiger partial charge on any atom is -0.350 e. The van der Waals surface area contributed by atoms with E-state index in [-0.39, 0.29) is 42.6 Å². The number of hydrogen-bond acceptors (Lipinski definition) is 4. The number of rotatable bonds is 7. The van der Waals surface area contributed by atoms with E-state index in [4.69, 9.17) is 5.10 Å². The lowest BCUT2D eigenvalue weighted by atomic mass is 9.81. The van der Waals surface area contributed by atoms with E-state index in [1.165, 1.54) is 0 Å². The average Bonchev–Trinajstić information content (AvgIpc) is 3.38. The molecule has 2 aliphatic rings. The number of aromatic nitrogens is 2. The molecule has 0 bridgehead atoms. The van der Waals surface area contributed by atoms with Crippen LogP contribution in [0.2, 0.25) is 0 Å². The maximum Gasteiger partial charge on any atom is 0.240 e. The Morgan fingerprint density at radius 3 is 2.18 bits per heavy atom. The fourth-order valence-electron chi connectivity index (χ4n) is 5.06. The Morgan fingerprint density at radius 2 is 1.53 bits per heavy atom. The molecule has 34 heavy (non-hydrogen) atoms. The molecule has 1 saturated carbocycles. The monoisotopic (exact) mass is 456 g/mol. The summed E-state index contributed by atoms with van der Waals surface area (Å²) in [7, 11) is 0. The second-order valence-electron chi connectivity index (χ2n) is 9.09. The van der Waals surface area contributed by atoms with Gasteiger partial charge in [-0.15, -0.1) is 0 Å². The van der Waals surface area contributed by atoms with Crippen molar-refractivity contribution in [2.24, 2.45) is 11.8 Å². The zero-order chi connectivity index (χ0) is 23.5. The predicted octanol–water partition coefficient (Wildman–Crippen LogP) is 3.39. The van der Waals surface area contributed by atoms with Gasteiger partial charge in [0, 0.05) is 23.9 Å². The number of carbonyl (C=O) groups excluding carboxylic acids is 3. The molecule has 2 heterocycles. The van der Waals surface area contributed by atoms with Gasteiger partial charge >= 0.3 is 0 Å². The van der Waals surface area contributed by atoms with Crippen molar-refractivity contribution in [3.8, 4) is 11.3 Å². The molecular formula is C27H28N4O3. The summed E-state index contributed by atoms with van der Waals surface area (Å²) in [5.74, 6) is -1.20. The normalized spacial score (nSPS) is 19.8. The molecule has 0 spiro atoms. The third-order valence-corrected chi connectivity index (χ3v) is 6.78. The number of amides is 3. The van der Waals surface area contributed by atoms with Crippen molar-refractivity contribution in [1.29, 1.82) is 0 Å². The zero-order valence-corrected chi connectivity index (χ0v) is 19.0. The molecule has 174 valence electrons. The molecule has 3 aromatic rings. The summed E-state index contributed by atoms with van der Waals surface area (Å²) in [6.45, 7) is 0.665. The number of nitrogens with zero attached hydrogens (tertiary/aromatic N) is 3. The number of nitrogens with one attached hydrogen (secondary N) is 1. The molecule has 1 aliphatic carbocycles. The van der Waals surface area contributed by atoms with Gasteiger partial charge in [0.05, 0.1) is 24.1 Å². The number of hydrogen-bond donors (Lipinski definition) is 1. The Labute approximate surface area is 198 Å². The highest BCUT2D eigenvalue weighted by molar-refractivity contribution is 6.07. The lowest BCUT2D eigenvalue weighted by Crippen LogP contribution is -2.40. The Morgan fingerprint density at radius 1 is 0.912 bits per heavy atom. The first-order chi connectivity index (χ1) is 16.6. The van der Waals surface area contributed by atoms with Gasteiger partial charge < -0.3 is 5.32 Å². The first-order valence-corrected chi connectivity index (χ1v) is 11.9. The number of imide groups is 1. The molecule has 3 amide bonds. The van der Waals surface area contributed by atoms with E-state index in [1.807, 2.05) is 71.5 Å². The number of carbonyl (C=O) groups is 3. The maximum absolute atomic E-state index is 12.7. The van der Waals surface area contributed by atoms with Crippen LogP contribution in [-0.4, -0.2) is 38.9 Å². The second-order valence-corrected chi connectivity index (χ2v) is 9.09. The molecule has 5 rings (SSSR count). The van der Waals surface area contributed by atoms with Crippen LogP contribution in [0.3, 0.4) is 0 Å². The molecule has 2 atom stereocenters. The van der Waals surface area contributed by atoms with E-state index in [1.54, 1.807) is 0 Å². The molecule has 0 radical (unpaired) electrons. The van der Waals surface area contributed by atoms with Crippen molar-refractivity contribution in [3.05, 3.63) is 78.0 Å². The largest absolute Gasteiger partial charge is 0.350 e. The van der Waals surface area contributed by atoms with Crippen LogP contribution in [0.25, 0.3) is 11.3 Å². The minimum atomic E-state index is -0.338. The Kier molecular flexibility index (Phi) is 6.25. The molecule has 1 aliphatic heterocycles. The lowest BCUT2D eigenvalue weighted by molar-refractivity contribution is -0.143. The lowest BCUT2D eigenvalue weighted by Gasteiger charge is -2.19. The molecule has 1 N–H and O–H groups in total. The van der Waals surface area contributed by atoms with Crippen LogP contribution in [0.1, 0.15) is 36.8 Å². The quantitative estimate of drug-likeness (QED) is 0.553. The molecule has 7 nitrogen and oxygen atoms in total. The van der Waals surface area contributed by atoms with E-state index in [0.717, 1.165) is 53.0 Å². The Hall–Kier alpha value is -3.74. The average molecular weight is 457 g/mol. The highest BCUT2D eigenvalue weighted by Gasteiger charge is 2.48. The summed E-state index contributed by atoms with van der Waals surface area (Å²) in [5, 5.41) is 7.67. The van der Waals surface area contributed by atoms with Gasteiger partial charge in [-0.05, 0) is 18.4 Å². The summed E-state index contributed by atoms with van der Waals surface area (Å²) in [5.41, 5.74) is 3.78. The van der Waals surface area contributed by atoms with Crippen LogP contribution in [0.5, 0.6) is 0 Å². The summed E-state index contributed by atoms with van der Waals surface area (Å²) in [4.78, 5) is 39.3. The molecule has 1 saturated heterocycles. The number of benzene rings is 2. The Balaban J connectivity index is 1.29. The molecular weight excluding hydrogens is 428 g/mol.